The lowest BCUT2D eigenvalue weighted by Gasteiger charge is -2.22. The summed E-state index contributed by atoms with van der Waals surface area (Å²) in [4.78, 5) is 12.3. The van der Waals surface area contributed by atoms with Crippen LogP contribution in [0.25, 0.3) is 0 Å². The minimum Gasteiger partial charge on any atom is -0.394 e. The summed E-state index contributed by atoms with van der Waals surface area (Å²) in [7, 11) is 0. The highest BCUT2D eigenvalue weighted by Gasteiger charge is 2.19. The van der Waals surface area contributed by atoms with Crippen LogP contribution in [0.3, 0.4) is 0 Å². The van der Waals surface area contributed by atoms with Crippen molar-refractivity contribution >= 4 is 5.91 Å². The SMILES string of the molecule is CC/C=C\C/C=C\C/C=C\C/C=C\C/C=C\CCCC(=O)NC(CO)C(O)CCCCCCCCCCCCCCC. The number of unbranched alkanes of at least 4 members (excludes halogenated alkanes) is 13. The van der Waals surface area contributed by atoms with Gasteiger partial charge in [-0.05, 0) is 51.4 Å². The maximum atomic E-state index is 12.3. The largest absolute Gasteiger partial charge is 0.394 e. The Balaban J connectivity index is 3.73. The van der Waals surface area contributed by atoms with E-state index in [0.717, 1.165) is 57.8 Å². The minimum absolute atomic E-state index is 0.0918. The maximum Gasteiger partial charge on any atom is 0.220 e. The van der Waals surface area contributed by atoms with E-state index in [2.05, 4.69) is 79.9 Å². The van der Waals surface area contributed by atoms with Crippen LogP contribution >= 0.6 is 0 Å². The summed E-state index contributed by atoms with van der Waals surface area (Å²) in [6, 6.07) is -0.566. The number of rotatable bonds is 30. The van der Waals surface area contributed by atoms with E-state index in [1.165, 1.54) is 70.6 Å². The van der Waals surface area contributed by atoms with Crippen LogP contribution in [0.5, 0.6) is 0 Å². The topological polar surface area (TPSA) is 69.6 Å². The second kappa shape index (κ2) is 33.6. The molecule has 0 aliphatic rings. The molecular weight excluding hydrogens is 518 g/mol. The summed E-state index contributed by atoms with van der Waals surface area (Å²) in [6.07, 6.45) is 45.6. The van der Waals surface area contributed by atoms with Crippen LogP contribution in [0.4, 0.5) is 0 Å². The Morgan fingerprint density at radius 3 is 1.48 bits per heavy atom. The lowest BCUT2D eigenvalue weighted by atomic mass is 10.0. The maximum absolute atomic E-state index is 12.3. The van der Waals surface area contributed by atoms with E-state index < -0.39 is 12.1 Å². The van der Waals surface area contributed by atoms with Gasteiger partial charge in [0.25, 0.3) is 0 Å². The molecular formula is C38H67NO3. The Kier molecular flexibility index (Phi) is 32.1. The van der Waals surface area contributed by atoms with Gasteiger partial charge in [0.05, 0.1) is 18.8 Å². The fourth-order valence-electron chi connectivity index (χ4n) is 4.86. The molecule has 0 heterocycles. The molecule has 0 bridgehead atoms. The fourth-order valence-corrected chi connectivity index (χ4v) is 4.86. The number of allylic oxidation sites excluding steroid dienone is 10. The minimum atomic E-state index is -0.683. The Morgan fingerprint density at radius 1 is 0.595 bits per heavy atom. The molecule has 0 aliphatic carbocycles. The number of hydrogen-bond donors (Lipinski definition) is 3. The molecule has 2 atom stereocenters. The van der Waals surface area contributed by atoms with Crippen molar-refractivity contribution in [2.45, 2.75) is 167 Å². The van der Waals surface area contributed by atoms with Crippen LogP contribution in [-0.2, 0) is 4.79 Å². The number of amides is 1. The van der Waals surface area contributed by atoms with E-state index in [0.29, 0.717) is 12.8 Å². The first-order valence-corrected chi connectivity index (χ1v) is 17.5. The van der Waals surface area contributed by atoms with E-state index in [9.17, 15) is 15.0 Å². The molecule has 0 rings (SSSR count). The summed E-state index contributed by atoms with van der Waals surface area (Å²) >= 11 is 0. The van der Waals surface area contributed by atoms with Gasteiger partial charge < -0.3 is 15.5 Å². The van der Waals surface area contributed by atoms with Crippen molar-refractivity contribution in [1.29, 1.82) is 0 Å². The number of hydrogen-bond acceptors (Lipinski definition) is 3. The molecule has 0 aromatic heterocycles. The van der Waals surface area contributed by atoms with E-state index >= 15 is 0 Å². The zero-order valence-corrected chi connectivity index (χ0v) is 27.5. The molecule has 4 heteroatoms. The van der Waals surface area contributed by atoms with Crippen molar-refractivity contribution in [2.75, 3.05) is 6.61 Å². The summed E-state index contributed by atoms with van der Waals surface area (Å²) in [5.41, 5.74) is 0. The lowest BCUT2D eigenvalue weighted by Crippen LogP contribution is -2.45. The second-order valence-electron chi connectivity index (χ2n) is 11.6. The third-order valence-corrected chi connectivity index (χ3v) is 7.54. The van der Waals surface area contributed by atoms with Gasteiger partial charge in [0.2, 0.25) is 5.91 Å². The Hall–Kier alpha value is -1.91. The molecule has 0 aromatic carbocycles. The summed E-state index contributed by atoms with van der Waals surface area (Å²) in [5, 5.41) is 23.0. The number of carbonyl (C=O) groups excluding carboxylic acids is 1. The van der Waals surface area contributed by atoms with Crippen LogP contribution in [0.2, 0.25) is 0 Å². The highest BCUT2D eigenvalue weighted by molar-refractivity contribution is 5.76. The molecule has 0 spiro atoms. The van der Waals surface area contributed by atoms with Gasteiger partial charge in [-0.2, -0.15) is 0 Å². The summed E-state index contributed by atoms with van der Waals surface area (Å²) in [5.74, 6) is -0.0918. The van der Waals surface area contributed by atoms with Crippen molar-refractivity contribution in [3.8, 4) is 0 Å². The molecule has 242 valence electrons. The van der Waals surface area contributed by atoms with E-state index in [-0.39, 0.29) is 12.5 Å². The average molecular weight is 586 g/mol. The van der Waals surface area contributed by atoms with Crippen molar-refractivity contribution in [2.24, 2.45) is 0 Å². The van der Waals surface area contributed by atoms with Gasteiger partial charge in [-0.15, -0.1) is 0 Å². The third kappa shape index (κ3) is 29.6. The molecule has 1 amide bonds. The second-order valence-corrected chi connectivity index (χ2v) is 11.6. The number of nitrogens with one attached hydrogen (secondary N) is 1. The van der Waals surface area contributed by atoms with Gasteiger partial charge in [-0.1, -0.05) is 158 Å². The van der Waals surface area contributed by atoms with Crippen LogP contribution in [-0.4, -0.2) is 34.9 Å². The average Bonchev–Trinajstić information content (AvgIpc) is 2.99. The molecule has 0 aromatic rings. The molecule has 0 fully saturated rings. The first kappa shape index (κ1) is 40.1. The number of carbonyl (C=O) groups is 1. The van der Waals surface area contributed by atoms with E-state index in [1.54, 1.807) is 0 Å². The van der Waals surface area contributed by atoms with E-state index in [4.69, 9.17) is 0 Å². The van der Waals surface area contributed by atoms with Gasteiger partial charge in [0.1, 0.15) is 0 Å². The Morgan fingerprint density at radius 2 is 1.02 bits per heavy atom. The zero-order valence-electron chi connectivity index (χ0n) is 27.5. The molecule has 0 aliphatic heterocycles. The quantitative estimate of drug-likeness (QED) is 0.0580. The number of aliphatic hydroxyl groups excluding tert-OH is 2. The lowest BCUT2D eigenvalue weighted by molar-refractivity contribution is -0.123. The Bertz CT molecular complexity index is 722. The van der Waals surface area contributed by atoms with Gasteiger partial charge in [-0.3, -0.25) is 4.79 Å². The highest BCUT2D eigenvalue weighted by Crippen LogP contribution is 2.14. The zero-order chi connectivity index (χ0) is 30.8. The van der Waals surface area contributed by atoms with E-state index in [1.807, 2.05) is 0 Å². The normalized spacial score (nSPS) is 13.9. The molecule has 3 N–H and O–H groups in total. The molecule has 0 saturated heterocycles. The van der Waals surface area contributed by atoms with Gasteiger partial charge in [-0.25, -0.2) is 0 Å². The summed E-state index contributed by atoms with van der Waals surface area (Å²) in [6.45, 7) is 4.19. The molecule has 0 radical (unpaired) electrons. The predicted molar refractivity (Wildman–Crippen MR) is 184 cm³/mol. The number of aliphatic hydroxyl groups is 2. The molecule has 42 heavy (non-hydrogen) atoms. The van der Waals surface area contributed by atoms with Crippen LogP contribution < -0.4 is 5.32 Å². The van der Waals surface area contributed by atoms with Crippen molar-refractivity contribution in [1.82, 2.24) is 5.32 Å². The van der Waals surface area contributed by atoms with Crippen molar-refractivity contribution < 1.29 is 15.0 Å². The monoisotopic (exact) mass is 586 g/mol. The summed E-state index contributed by atoms with van der Waals surface area (Å²) < 4.78 is 0. The van der Waals surface area contributed by atoms with Crippen LogP contribution in [0.1, 0.15) is 155 Å². The van der Waals surface area contributed by atoms with Gasteiger partial charge in [0, 0.05) is 6.42 Å². The molecule has 2 unspecified atom stereocenters. The van der Waals surface area contributed by atoms with Crippen LogP contribution in [0, 0.1) is 0 Å². The fraction of sp³-hybridized carbons (Fsp3) is 0.711. The van der Waals surface area contributed by atoms with Crippen molar-refractivity contribution in [3.63, 3.8) is 0 Å². The standard InChI is InChI=1S/C38H67NO3/c1-3-5-7-9-11-13-15-17-18-19-20-22-24-26-28-30-32-34-38(42)39-36(35-40)37(41)33-31-29-27-25-23-21-16-14-12-10-8-6-4-2/h5,7,11,13,17-18,20,22,26,28,36-37,40-41H,3-4,6,8-10,12,14-16,19,21,23-25,27,29-35H2,1-2H3,(H,39,42)/b7-5-,13-11-,18-17-,22-20-,28-26-. The third-order valence-electron chi connectivity index (χ3n) is 7.54. The van der Waals surface area contributed by atoms with Crippen molar-refractivity contribution in [3.05, 3.63) is 60.8 Å². The van der Waals surface area contributed by atoms with Gasteiger partial charge in [0.15, 0.2) is 0 Å². The van der Waals surface area contributed by atoms with Crippen LogP contribution in [0.15, 0.2) is 60.8 Å². The first-order chi connectivity index (χ1) is 20.7. The molecule has 0 saturated carbocycles. The predicted octanol–water partition coefficient (Wildman–Crippen LogP) is 10.2. The smallest absolute Gasteiger partial charge is 0.220 e. The van der Waals surface area contributed by atoms with Gasteiger partial charge >= 0.3 is 0 Å². The Labute approximate surface area is 260 Å². The highest BCUT2D eigenvalue weighted by atomic mass is 16.3. The first-order valence-electron chi connectivity index (χ1n) is 17.5. The molecule has 4 nitrogen and oxygen atoms in total.